The van der Waals surface area contributed by atoms with Gasteiger partial charge in [-0.2, -0.15) is 13.2 Å². The van der Waals surface area contributed by atoms with Gasteiger partial charge in [-0.25, -0.2) is 4.79 Å². The molecule has 2 aromatic carbocycles. The fourth-order valence-corrected chi connectivity index (χ4v) is 3.03. The number of aromatic nitrogens is 2. The van der Waals surface area contributed by atoms with Gasteiger partial charge < -0.3 is 14.9 Å². The molecule has 29 heavy (non-hydrogen) atoms. The molecule has 1 amide bonds. The van der Waals surface area contributed by atoms with Crippen LogP contribution in [0.1, 0.15) is 29.0 Å². The first-order valence-corrected chi connectivity index (χ1v) is 8.73. The lowest BCUT2D eigenvalue weighted by atomic mass is 9.95. The molecule has 0 saturated carbocycles. The number of carbonyl (C=O) groups is 1. The maximum atomic E-state index is 13.5. The van der Waals surface area contributed by atoms with E-state index >= 15 is 0 Å². The minimum absolute atomic E-state index is 0.0139. The second kappa shape index (κ2) is 8.12. The number of nitrogens with two attached hydrogens (primary N) is 1. The van der Waals surface area contributed by atoms with E-state index in [-0.39, 0.29) is 28.5 Å². The third-order valence-electron chi connectivity index (χ3n) is 4.04. The van der Waals surface area contributed by atoms with Crippen LogP contribution in [0.4, 0.5) is 18.0 Å². The molecule has 0 bridgehead atoms. The second-order valence-corrected chi connectivity index (χ2v) is 6.59. The van der Waals surface area contributed by atoms with Crippen molar-refractivity contribution in [3.05, 3.63) is 70.4 Å². The van der Waals surface area contributed by atoms with Crippen LogP contribution in [0.3, 0.4) is 0 Å². The summed E-state index contributed by atoms with van der Waals surface area (Å²) in [5.74, 6) is 0.518. The molecule has 0 aliphatic rings. The zero-order chi connectivity index (χ0) is 21.2. The molecule has 3 aromatic rings. The molecule has 1 atom stereocenters. The fourth-order valence-electron chi connectivity index (χ4n) is 2.86. The SMILES string of the molecule is Cc1nnc(CC(OC(N)=O)c2cccc(-c3ccc(Cl)cc3C(F)(F)F)c2)o1. The van der Waals surface area contributed by atoms with Crippen LogP contribution >= 0.6 is 11.6 Å². The average Bonchev–Trinajstić information content (AvgIpc) is 3.05. The molecule has 152 valence electrons. The zero-order valence-corrected chi connectivity index (χ0v) is 15.8. The number of nitrogens with zero attached hydrogens (tertiary/aromatic N) is 2. The minimum atomic E-state index is -4.60. The van der Waals surface area contributed by atoms with Crippen LogP contribution in [0, 0.1) is 6.92 Å². The van der Waals surface area contributed by atoms with Gasteiger partial charge in [0.1, 0.15) is 6.10 Å². The summed E-state index contributed by atoms with van der Waals surface area (Å²) in [6.07, 6.45) is -6.55. The van der Waals surface area contributed by atoms with Gasteiger partial charge in [-0.15, -0.1) is 10.2 Å². The predicted octanol–water partition coefficient (Wildman–Crippen LogP) is 5.10. The molecule has 2 N–H and O–H groups in total. The summed E-state index contributed by atoms with van der Waals surface area (Å²) < 4.78 is 50.8. The number of aryl methyl sites for hydroxylation is 1. The Balaban J connectivity index is 2.02. The molecule has 0 aliphatic heterocycles. The number of hydrogen-bond acceptors (Lipinski definition) is 5. The van der Waals surface area contributed by atoms with E-state index in [2.05, 4.69) is 10.2 Å². The van der Waals surface area contributed by atoms with E-state index in [1.807, 2.05) is 0 Å². The van der Waals surface area contributed by atoms with Crippen LogP contribution in [0.15, 0.2) is 46.9 Å². The summed E-state index contributed by atoms with van der Waals surface area (Å²) in [7, 11) is 0. The van der Waals surface area contributed by atoms with Gasteiger partial charge in [0.25, 0.3) is 0 Å². The van der Waals surface area contributed by atoms with Crippen molar-refractivity contribution in [3.63, 3.8) is 0 Å². The first-order valence-electron chi connectivity index (χ1n) is 8.35. The highest BCUT2D eigenvalue weighted by Gasteiger charge is 2.34. The van der Waals surface area contributed by atoms with Crippen LogP contribution in [0.2, 0.25) is 5.02 Å². The Labute approximate surface area is 168 Å². The Morgan fingerprint density at radius 2 is 2.00 bits per heavy atom. The summed E-state index contributed by atoms with van der Waals surface area (Å²) in [5, 5.41) is 7.51. The highest BCUT2D eigenvalue weighted by atomic mass is 35.5. The largest absolute Gasteiger partial charge is 0.441 e. The number of amides is 1. The molecular weight excluding hydrogens is 411 g/mol. The molecule has 0 radical (unpaired) electrons. The quantitative estimate of drug-likeness (QED) is 0.614. The van der Waals surface area contributed by atoms with Crippen LogP contribution in [0.5, 0.6) is 0 Å². The van der Waals surface area contributed by atoms with Crippen LogP contribution in [-0.4, -0.2) is 16.3 Å². The number of hydrogen-bond donors (Lipinski definition) is 1. The number of benzene rings is 2. The van der Waals surface area contributed by atoms with Crippen LogP contribution in [-0.2, 0) is 17.3 Å². The molecule has 6 nitrogen and oxygen atoms in total. The fraction of sp³-hybridized carbons (Fsp3) is 0.211. The third-order valence-corrected chi connectivity index (χ3v) is 4.28. The first-order chi connectivity index (χ1) is 13.6. The Bertz CT molecular complexity index is 1040. The van der Waals surface area contributed by atoms with E-state index < -0.39 is 23.9 Å². The highest BCUT2D eigenvalue weighted by molar-refractivity contribution is 6.30. The molecule has 1 unspecified atom stereocenters. The molecule has 0 spiro atoms. The lowest BCUT2D eigenvalue weighted by Gasteiger charge is -2.18. The van der Waals surface area contributed by atoms with E-state index in [0.29, 0.717) is 11.5 Å². The van der Waals surface area contributed by atoms with Crippen LogP contribution < -0.4 is 5.73 Å². The van der Waals surface area contributed by atoms with Crippen molar-refractivity contribution in [2.45, 2.75) is 25.6 Å². The van der Waals surface area contributed by atoms with Crippen molar-refractivity contribution in [1.29, 1.82) is 0 Å². The minimum Gasteiger partial charge on any atom is -0.441 e. The summed E-state index contributed by atoms with van der Waals surface area (Å²) >= 11 is 5.75. The Morgan fingerprint density at radius 3 is 2.62 bits per heavy atom. The van der Waals surface area contributed by atoms with Crippen molar-refractivity contribution in [2.75, 3.05) is 0 Å². The number of rotatable bonds is 5. The second-order valence-electron chi connectivity index (χ2n) is 6.16. The van der Waals surface area contributed by atoms with E-state index in [4.69, 9.17) is 26.5 Å². The van der Waals surface area contributed by atoms with Crippen LogP contribution in [0.25, 0.3) is 11.1 Å². The Morgan fingerprint density at radius 1 is 1.24 bits per heavy atom. The number of primary amides is 1. The van der Waals surface area contributed by atoms with Gasteiger partial charge in [-0.1, -0.05) is 35.9 Å². The number of alkyl halides is 3. The lowest BCUT2D eigenvalue weighted by Crippen LogP contribution is -2.19. The molecule has 1 aromatic heterocycles. The summed E-state index contributed by atoms with van der Waals surface area (Å²) in [6, 6.07) is 9.67. The summed E-state index contributed by atoms with van der Waals surface area (Å²) in [6.45, 7) is 1.60. The number of carbonyl (C=O) groups excluding carboxylic acids is 1. The molecule has 1 heterocycles. The lowest BCUT2D eigenvalue weighted by molar-refractivity contribution is -0.137. The van der Waals surface area contributed by atoms with Gasteiger partial charge >= 0.3 is 12.3 Å². The monoisotopic (exact) mass is 425 g/mol. The first kappa shape index (κ1) is 20.7. The van der Waals surface area contributed by atoms with Crippen molar-refractivity contribution < 1.29 is 27.1 Å². The van der Waals surface area contributed by atoms with Gasteiger partial charge in [0.15, 0.2) is 0 Å². The van der Waals surface area contributed by atoms with E-state index in [0.717, 1.165) is 6.07 Å². The Hall–Kier alpha value is -3.07. The summed E-state index contributed by atoms with van der Waals surface area (Å²) in [4.78, 5) is 11.3. The van der Waals surface area contributed by atoms with Crippen molar-refractivity contribution in [1.82, 2.24) is 10.2 Å². The predicted molar refractivity (Wildman–Crippen MR) is 98.0 cm³/mol. The maximum Gasteiger partial charge on any atom is 0.417 e. The number of ether oxygens (including phenoxy) is 1. The molecule has 10 heteroatoms. The van der Waals surface area contributed by atoms with E-state index in [1.54, 1.807) is 19.1 Å². The van der Waals surface area contributed by atoms with E-state index in [1.165, 1.54) is 24.3 Å². The third kappa shape index (κ3) is 5.05. The molecule has 0 saturated heterocycles. The van der Waals surface area contributed by atoms with Gasteiger partial charge in [-0.3, -0.25) is 0 Å². The van der Waals surface area contributed by atoms with Crippen molar-refractivity contribution in [2.24, 2.45) is 5.73 Å². The van der Waals surface area contributed by atoms with E-state index in [9.17, 15) is 18.0 Å². The number of halogens is 4. The summed E-state index contributed by atoms with van der Waals surface area (Å²) in [5.41, 5.74) is 4.90. The smallest absolute Gasteiger partial charge is 0.417 e. The van der Waals surface area contributed by atoms with Crippen molar-refractivity contribution in [3.8, 4) is 11.1 Å². The zero-order valence-electron chi connectivity index (χ0n) is 15.0. The van der Waals surface area contributed by atoms with Gasteiger partial charge in [0.2, 0.25) is 11.8 Å². The molecule has 0 aliphatic carbocycles. The maximum absolute atomic E-state index is 13.5. The van der Waals surface area contributed by atoms with Gasteiger partial charge in [0.05, 0.1) is 12.0 Å². The van der Waals surface area contributed by atoms with Gasteiger partial charge in [0, 0.05) is 11.9 Å². The molecule has 3 rings (SSSR count). The topological polar surface area (TPSA) is 91.2 Å². The van der Waals surface area contributed by atoms with Crippen molar-refractivity contribution >= 4 is 17.7 Å². The van der Waals surface area contributed by atoms with Gasteiger partial charge in [-0.05, 0) is 34.9 Å². The average molecular weight is 426 g/mol. The standard InChI is InChI=1S/C19H15ClF3N3O3/c1-10-25-26-17(28-10)9-16(29-18(24)27)12-4-2-3-11(7-12)14-6-5-13(20)8-15(14)19(21,22)23/h2-8,16H,9H2,1H3,(H2,24,27). The normalized spacial score (nSPS) is 12.6. The molecular formula is C19H15ClF3N3O3. The highest BCUT2D eigenvalue weighted by Crippen LogP contribution is 2.39. The Kier molecular flexibility index (Phi) is 5.78. The molecule has 0 fully saturated rings.